The van der Waals surface area contributed by atoms with Gasteiger partial charge in [0.05, 0.1) is 24.4 Å². The van der Waals surface area contributed by atoms with Gasteiger partial charge >= 0.3 is 9.06 Å². The molecule has 1 N–H and O–H groups in total. The summed E-state index contributed by atoms with van der Waals surface area (Å²) in [5.41, 5.74) is 0. The van der Waals surface area contributed by atoms with Gasteiger partial charge in [0.25, 0.3) is 8.87 Å². The molecule has 102 valence electrons. The van der Waals surface area contributed by atoms with Gasteiger partial charge in [0.15, 0.2) is 0 Å². The highest BCUT2D eigenvalue weighted by Crippen LogP contribution is 2.28. The minimum atomic E-state index is -4.45. The molecule has 0 aromatic carbocycles. The monoisotopic (exact) mass is 295 g/mol. The number of carbonyl (C=O) groups is 1. The van der Waals surface area contributed by atoms with E-state index in [2.05, 4.69) is 0 Å². The molecular formula is C9H13NO6S2. The van der Waals surface area contributed by atoms with Crippen molar-refractivity contribution >= 4 is 23.7 Å². The molecule has 1 fully saturated rings. The molecule has 0 aromatic heterocycles. The maximum Gasteiger partial charge on any atom is 0.317 e. The third-order valence-corrected chi connectivity index (χ3v) is 7.00. The molecule has 0 unspecified atom stereocenters. The maximum absolute atomic E-state index is 11.7. The van der Waals surface area contributed by atoms with Gasteiger partial charge in [-0.05, 0) is 0 Å². The predicted octanol–water partition coefficient (Wildman–Crippen LogP) is -1.22. The molecule has 0 amide bonds. The van der Waals surface area contributed by atoms with Gasteiger partial charge < -0.3 is 4.74 Å². The van der Waals surface area contributed by atoms with Crippen LogP contribution in [0.2, 0.25) is 0 Å². The van der Waals surface area contributed by atoms with Gasteiger partial charge in [0.1, 0.15) is 5.78 Å². The SMILES string of the molecule is CS(=O)(=O)S(=O)(=O)NC[C@@H]1C(=O)C[C@@H]2C=C[C@H]1O2. The molecule has 0 aromatic rings. The molecule has 3 atom stereocenters. The van der Waals surface area contributed by atoms with Crippen LogP contribution in [0.25, 0.3) is 0 Å². The van der Waals surface area contributed by atoms with Crippen molar-refractivity contribution in [3.8, 4) is 0 Å². The molecule has 2 heterocycles. The molecule has 0 saturated carbocycles. The second-order valence-electron chi connectivity index (χ2n) is 4.31. The van der Waals surface area contributed by atoms with Crippen LogP contribution in [0.3, 0.4) is 0 Å². The predicted molar refractivity (Wildman–Crippen MR) is 62.7 cm³/mol. The molecule has 2 aliphatic rings. The highest BCUT2D eigenvalue weighted by Gasteiger charge is 2.39. The van der Waals surface area contributed by atoms with E-state index >= 15 is 0 Å². The van der Waals surface area contributed by atoms with Crippen LogP contribution in [0, 0.1) is 5.92 Å². The molecule has 0 aliphatic carbocycles. The molecule has 0 radical (unpaired) electrons. The van der Waals surface area contributed by atoms with Crippen molar-refractivity contribution < 1.29 is 26.4 Å². The number of carbonyl (C=O) groups excluding carboxylic acids is 1. The number of hydrogen-bond acceptors (Lipinski definition) is 6. The Morgan fingerprint density at radius 3 is 2.61 bits per heavy atom. The Balaban J connectivity index is 2.07. The summed E-state index contributed by atoms with van der Waals surface area (Å²) in [6, 6.07) is 0. The van der Waals surface area contributed by atoms with E-state index in [1.807, 2.05) is 4.72 Å². The summed E-state index contributed by atoms with van der Waals surface area (Å²) < 4.78 is 52.0. The zero-order valence-electron chi connectivity index (χ0n) is 9.57. The number of ether oxygens (including phenoxy) is 1. The van der Waals surface area contributed by atoms with E-state index in [9.17, 15) is 21.6 Å². The first kappa shape index (κ1) is 13.7. The zero-order valence-corrected chi connectivity index (χ0v) is 11.2. The fraction of sp³-hybridized carbons (Fsp3) is 0.667. The van der Waals surface area contributed by atoms with Crippen molar-refractivity contribution in [1.29, 1.82) is 0 Å². The van der Waals surface area contributed by atoms with Crippen LogP contribution in [0.5, 0.6) is 0 Å². The third-order valence-electron chi connectivity index (χ3n) is 2.94. The first-order chi connectivity index (χ1) is 8.21. The van der Waals surface area contributed by atoms with Crippen LogP contribution in [0.1, 0.15) is 6.42 Å². The standard InChI is InChI=1S/C9H13NO6S2/c1-17(12,13)18(14,15)10-5-7-8(11)4-6-2-3-9(7)16-6/h2-3,6-7,9-10H,4-5H2,1H3/t6-,7+,9+/m0/s1. The van der Waals surface area contributed by atoms with Crippen molar-refractivity contribution in [1.82, 2.24) is 4.72 Å². The summed E-state index contributed by atoms with van der Waals surface area (Å²) in [5.74, 6) is -0.797. The number of fused-ring (bicyclic) bond motifs is 2. The Bertz CT molecular complexity index is 591. The van der Waals surface area contributed by atoms with Gasteiger partial charge in [-0.2, -0.15) is 8.42 Å². The van der Waals surface area contributed by atoms with Crippen molar-refractivity contribution in [2.24, 2.45) is 5.92 Å². The highest BCUT2D eigenvalue weighted by atomic mass is 33.2. The number of nitrogens with one attached hydrogen (secondary N) is 1. The number of rotatable bonds is 4. The third kappa shape index (κ3) is 2.48. The Morgan fingerprint density at radius 1 is 1.33 bits per heavy atom. The number of hydrogen-bond donors (Lipinski definition) is 1. The largest absolute Gasteiger partial charge is 0.366 e. The summed E-state index contributed by atoms with van der Waals surface area (Å²) in [5, 5.41) is 0. The number of ketones is 1. The van der Waals surface area contributed by atoms with E-state index in [0.29, 0.717) is 6.26 Å². The van der Waals surface area contributed by atoms with Crippen molar-refractivity contribution in [3.05, 3.63) is 12.2 Å². The van der Waals surface area contributed by atoms with E-state index in [0.717, 1.165) is 0 Å². The van der Waals surface area contributed by atoms with Gasteiger partial charge in [0, 0.05) is 13.0 Å². The van der Waals surface area contributed by atoms with E-state index in [-0.39, 0.29) is 24.9 Å². The van der Waals surface area contributed by atoms with Crippen LogP contribution in [0.4, 0.5) is 0 Å². The smallest absolute Gasteiger partial charge is 0.317 e. The van der Waals surface area contributed by atoms with Crippen molar-refractivity contribution in [2.75, 3.05) is 12.8 Å². The average Bonchev–Trinajstić information content (AvgIpc) is 2.59. The molecule has 9 heteroatoms. The summed E-state index contributed by atoms with van der Waals surface area (Å²) in [4.78, 5) is 11.7. The second-order valence-corrected chi connectivity index (χ2v) is 10.0. The van der Waals surface area contributed by atoms with Gasteiger partial charge in [-0.25, -0.2) is 13.1 Å². The van der Waals surface area contributed by atoms with Crippen LogP contribution in [0.15, 0.2) is 12.2 Å². The van der Waals surface area contributed by atoms with Gasteiger partial charge in [0.2, 0.25) is 0 Å². The molecule has 2 rings (SSSR count). The van der Waals surface area contributed by atoms with Gasteiger partial charge in [-0.1, -0.05) is 12.2 Å². The highest BCUT2D eigenvalue weighted by molar-refractivity contribution is 8.66. The number of Topliss-reactive ketones (excluding diaryl/α,β-unsaturated/α-hetero) is 1. The molecule has 0 spiro atoms. The second kappa shape index (κ2) is 4.41. The Kier molecular flexibility index (Phi) is 3.34. The Hall–Kier alpha value is -0.770. The first-order valence-electron chi connectivity index (χ1n) is 5.27. The normalized spacial score (nSPS) is 31.8. The lowest BCUT2D eigenvalue weighted by molar-refractivity contribution is -0.135. The summed E-state index contributed by atoms with van der Waals surface area (Å²) in [7, 11) is -8.69. The topological polar surface area (TPSA) is 107 Å². The average molecular weight is 295 g/mol. The molecular weight excluding hydrogens is 282 g/mol. The first-order valence-corrected chi connectivity index (χ1v) is 9.16. The van der Waals surface area contributed by atoms with Crippen LogP contribution >= 0.6 is 0 Å². The van der Waals surface area contributed by atoms with E-state index in [1.165, 1.54) is 0 Å². The fourth-order valence-corrected chi connectivity index (χ4v) is 3.38. The zero-order chi connectivity index (χ0) is 13.6. The Morgan fingerprint density at radius 2 is 2.00 bits per heavy atom. The summed E-state index contributed by atoms with van der Waals surface area (Å²) >= 11 is 0. The van der Waals surface area contributed by atoms with Crippen LogP contribution < -0.4 is 4.72 Å². The minimum Gasteiger partial charge on any atom is -0.366 e. The minimum absolute atomic E-state index is 0.127. The lowest BCUT2D eigenvalue weighted by Gasteiger charge is -2.28. The molecule has 7 nitrogen and oxygen atoms in total. The molecule has 2 aliphatic heterocycles. The van der Waals surface area contributed by atoms with E-state index in [4.69, 9.17) is 4.74 Å². The van der Waals surface area contributed by atoms with Crippen LogP contribution in [-0.2, 0) is 27.5 Å². The van der Waals surface area contributed by atoms with Crippen molar-refractivity contribution in [2.45, 2.75) is 18.6 Å². The summed E-state index contributed by atoms with van der Waals surface area (Å²) in [6.45, 7) is -0.268. The van der Waals surface area contributed by atoms with Gasteiger partial charge in [-0.3, -0.25) is 4.79 Å². The molecule has 1 saturated heterocycles. The maximum atomic E-state index is 11.7. The van der Waals surface area contributed by atoms with Crippen molar-refractivity contribution in [3.63, 3.8) is 0 Å². The Labute approximate surface area is 105 Å². The summed E-state index contributed by atoms with van der Waals surface area (Å²) in [6.07, 6.45) is 3.55. The van der Waals surface area contributed by atoms with E-state index in [1.54, 1.807) is 12.2 Å². The lowest BCUT2D eigenvalue weighted by atomic mass is 9.94. The molecule has 18 heavy (non-hydrogen) atoms. The fourth-order valence-electron chi connectivity index (χ4n) is 1.93. The molecule has 2 bridgehead atoms. The quantitative estimate of drug-likeness (QED) is 0.514. The van der Waals surface area contributed by atoms with E-state index < -0.39 is 29.9 Å². The lowest BCUT2D eigenvalue weighted by Crippen LogP contribution is -2.44. The van der Waals surface area contributed by atoms with Crippen LogP contribution in [-0.4, -0.2) is 47.6 Å². The van der Waals surface area contributed by atoms with Gasteiger partial charge in [-0.15, -0.1) is 0 Å².